The molecule has 1 aromatic heterocycles. The third-order valence-electron chi connectivity index (χ3n) is 1.63. The third kappa shape index (κ3) is 1.99. The minimum absolute atomic E-state index is 0.183. The van der Waals surface area contributed by atoms with Gasteiger partial charge in [-0.1, -0.05) is 0 Å². The van der Waals surface area contributed by atoms with Gasteiger partial charge in [0.2, 0.25) is 5.95 Å². The molecule has 13 heavy (non-hydrogen) atoms. The van der Waals surface area contributed by atoms with Crippen LogP contribution in [0.4, 0.5) is 5.95 Å². The van der Waals surface area contributed by atoms with Crippen molar-refractivity contribution in [2.75, 3.05) is 5.32 Å². The predicted octanol–water partition coefficient (Wildman–Crippen LogP) is 0.939. The summed E-state index contributed by atoms with van der Waals surface area (Å²) in [5.74, 6) is -0.390. The summed E-state index contributed by atoms with van der Waals surface area (Å²) in [7, 11) is 1.67. The van der Waals surface area contributed by atoms with Crippen LogP contribution in [0.1, 0.15) is 24.3 Å². The molecule has 0 radical (unpaired) electrons. The Balaban J connectivity index is 2.93. The standard InChI is InChI=1S/C8H13N3O2/c1-5(2)10-8-9-4-6(7(12)13)11(8)3/h4-5H,1-3H3,(H,9,10)(H,12,13). The minimum atomic E-state index is -0.966. The topological polar surface area (TPSA) is 67.2 Å². The maximum atomic E-state index is 10.6. The lowest BCUT2D eigenvalue weighted by Crippen LogP contribution is -2.15. The fourth-order valence-corrected chi connectivity index (χ4v) is 1.00. The highest BCUT2D eigenvalue weighted by Gasteiger charge is 2.12. The summed E-state index contributed by atoms with van der Waals surface area (Å²) in [6, 6.07) is 0.239. The van der Waals surface area contributed by atoms with Crippen LogP contribution in [0.25, 0.3) is 0 Å². The normalized spacial score (nSPS) is 10.5. The number of hydrogen-bond acceptors (Lipinski definition) is 3. The van der Waals surface area contributed by atoms with Crippen LogP contribution in [0.5, 0.6) is 0 Å². The van der Waals surface area contributed by atoms with E-state index in [1.807, 2.05) is 13.8 Å². The van der Waals surface area contributed by atoms with Gasteiger partial charge >= 0.3 is 5.97 Å². The van der Waals surface area contributed by atoms with Crippen molar-refractivity contribution in [2.45, 2.75) is 19.9 Å². The third-order valence-corrected chi connectivity index (χ3v) is 1.63. The number of nitrogens with one attached hydrogen (secondary N) is 1. The van der Waals surface area contributed by atoms with E-state index in [0.29, 0.717) is 5.95 Å². The Hall–Kier alpha value is -1.52. The van der Waals surface area contributed by atoms with E-state index in [4.69, 9.17) is 5.11 Å². The number of aromatic carboxylic acids is 1. The van der Waals surface area contributed by atoms with Crippen LogP contribution in [0.15, 0.2) is 6.20 Å². The van der Waals surface area contributed by atoms with Crippen LogP contribution in [-0.2, 0) is 7.05 Å². The summed E-state index contributed by atoms with van der Waals surface area (Å²) < 4.78 is 1.52. The summed E-state index contributed by atoms with van der Waals surface area (Å²) in [4.78, 5) is 14.6. The maximum absolute atomic E-state index is 10.6. The summed E-state index contributed by atoms with van der Waals surface area (Å²) in [5.41, 5.74) is 0.183. The van der Waals surface area contributed by atoms with Gasteiger partial charge in [0.05, 0.1) is 6.20 Å². The number of carboxylic acid groups (broad SMARTS) is 1. The van der Waals surface area contributed by atoms with Gasteiger partial charge in [-0.15, -0.1) is 0 Å². The van der Waals surface area contributed by atoms with Gasteiger partial charge in [0, 0.05) is 13.1 Å². The number of carbonyl (C=O) groups is 1. The van der Waals surface area contributed by atoms with Crippen LogP contribution in [0.3, 0.4) is 0 Å². The average molecular weight is 183 g/mol. The van der Waals surface area contributed by atoms with Crippen molar-refractivity contribution >= 4 is 11.9 Å². The number of anilines is 1. The van der Waals surface area contributed by atoms with Crippen molar-refractivity contribution < 1.29 is 9.90 Å². The van der Waals surface area contributed by atoms with E-state index in [9.17, 15) is 4.79 Å². The zero-order valence-electron chi connectivity index (χ0n) is 7.90. The molecule has 0 saturated carbocycles. The Morgan fingerprint density at radius 1 is 1.69 bits per heavy atom. The van der Waals surface area contributed by atoms with Gasteiger partial charge in [-0.05, 0) is 13.8 Å². The van der Waals surface area contributed by atoms with Crippen LogP contribution >= 0.6 is 0 Å². The van der Waals surface area contributed by atoms with Gasteiger partial charge in [-0.2, -0.15) is 0 Å². The van der Waals surface area contributed by atoms with Crippen molar-refractivity contribution in [3.8, 4) is 0 Å². The molecule has 0 aliphatic carbocycles. The van der Waals surface area contributed by atoms with Gasteiger partial charge in [0.15, 0.2) is 0 Å². The molecular formula is C8H13N3O2. The molecule has 2 N–H and O–H groups in total. The highest BCUT2D eigenvalue weighted by Crippen LogP contribution is 2.08. The Morgan fingerprint density at radius 3 is 2.69 bits per heavy atom. The Kier molecular flexibility index (Phi) is 2.55. The molecule has 0 bridgehead atoms. The van der Waals surface area contributed by atoms with Crippen molar-refractivity contribution in [1.29, 1.82) is 0 Å². The molecule has 0 aromatic carbocycles. The molecule has 0 amide bonds. The van der Waals surface area contributed by atoms with E-state index in [0.717, 1.165) is 0 Å². The zero-order chi connectivity index (χ0) is 10.0. The molecule has 0 atom stereocenters. The molecule has 0 saturated heterocycles. The Labute approximate surface area is 76.4 Å². The maximum Gasteiger partial charge on any atom is 0.354 e. The summed E-state index contributed by atoms with van der Waals surface area (Å²) in [5, 5.41) is 11.8. The number of rotatable bonds is 3. The quantitative estimate of drug-likeness (QED) is 0.731. The van der Waals surface area contributed by atoms with Crippen molar-refractivity contribution in [1.82, 2.24) is 9.55 Å². The SMILES string of the molecule is CC(C)Nc1ncc(C(=O)O)n1C. The van der Waals surface area contributed by atoms with Gasteiger partial charge in [-0.25, -0.2) is 9.78 Å². The van der Waals surface area contributed by atoms with E-state index in [1.165, 1.54) is 10.8 Å². The lowest BCUT2D eigenvalue weighted by molar-refractivity contribution is 0.0686. The second-order valence-corrected chi connectivity index (χ2v) is 3.13. The van der Waals surface area contributed by atoms with Crippen LogP contribution in [-0.4, -0.2) is 26.7 Å². The van der Waals surface area contributed by atoms with Gasteiger partial charge in [0.1, 0.15) is 5.69 Å². The molecule has 1 aromatic rings. The number of hydrogen-bond donors (Lipinski definition) is 2. The molecular weight excluding hydrogens is 170 g/mol. The zero-order valence-corrected chi connectivity index (χ0v) is 7.90. The van der Waals surface area contributed by atoms with Crippen molar-refractivity contribution in [3.63, 3.8) is 0 Å². The van der Waals surface area contributed by atoms with E-state index < -0.39 is 5.97 Å². The molecule has 0 fully saturated rings. The van der Waals surface area contributed by atoms with Crippen molar-refractivity contribution in [2.24, 2.45) is 7.05 Å². The first-order valence-corrected chi connectivity index (χ1v) is 4.04. The first-order valence-electron chi connectivity index (χ1n) is 4.04. The van der Waals surface area contributed by atoms with Crippen molar-refractivity contribution in [3.05, 3.63) is 11.9 Å². The van der Waals surface area contributed by atoms with Gasteiger partial charge in [0.25, 0.3) is 0 Å². The highest BCUT2D eigenvalue weighted by molar-refractivity contribution is 5.86. The Morgan fingerprint density at radius 2 is 2.31 bits per heavy atom. The fourth-order valence-electron chi connectivity index (χ4n) is 1.00. The second kappa shape index (κ2) is 3.47. The number of imidazole rings is 1. The molecule has 1 heterocycles. The molecule has 0 aliphatic rings. The summed E-state index contributed by atoms with van der Waals surface area (Å²) in [6.07, 6.45) is 1.34. The number of aromatic nitrogens is 2. The summed E-state index contributed by atoms with van der Waals surface area (Å²) >= 11 is 0. The molecule has 5 nitrogen and oxygen atoms in total. The monoisotopic (exact) mass is 183 g/mol. The fraction of sp³-hybridized carbons (Fsp3) is 0.500. The first-order chi connectivity index (χ1) is 6.02. The lowest BCUT2D eigenvalue weighted by atomic mass is 10.4. The Bertz CT molecular complexity index is 317. The number of nitrogens with zero attached hydrogens (tertiary/aromatic N) is 2. The van der Waals surface area contributed by atoms with Gasteiger partial charge < -0.3 is 15.0 Å². The molecule has 5 heteroatoms. The number of carboxylic acids is 1. The summed E-state index contributed by atoms with van der Waals surface area (Å²) in [6.45, 7) is 3.93. The van der Waals surface area contributed by atoms with Crippen LogP contribution < -0.4 is 5.32 Å². The predicted molar refractivity (Wildman–Crippen MR) is 48.9 cm³/mol. The van der Waals surface area contributed by atoms with E-state index in [-0.39, 0.29) is 11.7 Å². The van der Waals surface area contributed by atoms with E-state index >= 15 is 0 Å². The largest absolute Gasteiger partial charge is 0.477 e. The lowest BCUT2D eigenvalue weighted by Gasteiger charge is -2.09. The molecule has 1 rings (SSSR count). The average Bonchev–Trinajstić information content (AvgIpc) is 2.32. The molecule has 0 unspecified atom stereocenters. The van der Waals surface area contributed by atoms with E-state index in [1.54, 1.807) is 7.05 Å². The van der Waals surface area contributed by atoms with Gasteiger partial charge in [-0.3, -0.25) is 0 Å². The first kappa shape index (κ1) is 9.57. The minimum Gasteiger partial charge on any atom is -0.477 e. The smallest absolute Gasteiger partial charge is 0.354 e. The highest BCUT2D eigenvalue weighted by atomic mass is 16.4. The molecule has 0 spiro atoms. The molecule has 72 valence electrons. The second-order valence-electron chi connectivity index (χ2n) is 3.13. The molecule has 0 aliphatic heterocycles. The van der Waals surface area contributed by atoms with Crippen LogP contribution in [0, 0.1) is 0 Å². The van der Waals surface area contributed by atoms with E-state index in [2.05, 4.69) is 10.3 Å². The van der Waals surface area contributed by atoms with Crippen LogP contribution in [0.2, 0.25) is 0 Å².